The molecule has 0 spiro atoms. The lowest BCUT2D eigenvalue weighted by Gasteiger charge is -2.08. The summed E-state index contributed by atoms with van der Waals surface area (Å²) in [6, 6.07) is 15.6. The number of rotatable bonds is 8. The minimum atomic E-state index is -0.0785. The van der Waals surface area contributed by atoms with Gasteiger partial charge in [-0.05, 0) is 36.6 Å². The van der Waals surface area contributed by atoms with E-state index in [9.17, 15) is 4.79 Å². The maximum absolute atomic E-state index is 12.2. The predicted molar refractivity (Wildman–Crippen MR) is 114 cm³/mol. The van der Waals surface area contributed by atoms with Gasteiger partial charge in [-0.15, -0.1) is 10.2 Å². The van der Waals surface area contributed by atoms with Gasteiger partial charge in [-0.25, -0.2) is 4.68 Å². The second kappa shape index (κ2) is 9.61. The average molecular weight is 416 g/mol. The molecule has 146 valence electrons. The van der Waals surface area contributed by atoms with Crippen molar-refractivity contribution >= 4 is 35.0 Å². The number of anilines is 1. The van der Waals surface area contributed by atoms with Crippen LogP contribution in [0.15, 0.2) is 53.7 Å². The van der Waals surface area contributed by atoms with E-state index in [2.05, 4.69) is 27.6 Å². The van der Waals surface area contributed by atoms with E-state index in [1.165, 1.54) is 22.0 Å². The van der Waals surface area contributed by atoms with Gasteiger partial charge in [-0.1, -0.05) is 59.8 Å². The smallest absolute Gasteiger partial charge is 0.225 e. The first-order valence-electron chi connectivity index (χ1n) is 8.95. The zero-order chi connectivity index (χ0) is 19.9. The second-order valence-electron chi connectivity index (χ2n) is 6.36. The molecule has 0 atom stereocenters. The normalized spacial score (nSPS) is 10.8. The Hall–Kier alpha value is -2.51. The molecule has 0 aliphatic heterocycles. The molecule has 0 aliphatic carbocycles. The SMILES string of the molecule is Cc1ccc(Cl)cc1NC(=O)CCSc1nnc(CCc2ccccc2)n1N. The van der Waals surface area contributed by atoms with Gasteiger partial charge in [0.1, 0.15) is 0 Å². The van der Waals surface area contributed by atoms with Crippen LogP contribution in [0.3, 0.4) is 0 Å². The van der Waals surface area contributed by atoms with E-state index in [1.54, 1.807) is 12.1 Å². The summed E-state index contributed by atoms with van der Waals surface area (Å²) >= 11 is 7.40. The number of nitrogens with two attached hydrogens (primary N) is 1. The summed E-state index contributed by atoms with van der Waals surface area (Å²) in [6.45, 7) is 1.93. The van der Waals surface area contributed by atoms with Gasteiger partial charge in [-0.2, -0.15) is 0 Å². The highest BCUT2D eigenvalue weighted by atomic mass is 35.5. The number of aromatic nitrogens is 3. The average Bonchev–Trinajstić information content (AvgIpc) is 3.04. The first-order valence-corrected chi connectivity index (χ1v) is 10.3. The van der Waals surface area contributed by atoms with Gasteiger partial charge in [0.15, 0.2) is 5.82 Å². The number of nitrogens with zero attached hydrogens (tertiary/aromatic N) is 3. The second-order valence-corrected chi connectivity index (χ2v) is 7.86. The molecule has 1 heterocycles. The molecular formula is C20H22ClN5OS. The van der Waals surface area contributed by atoms with E-state index in [-0.39, 0.29) is 5.91 Å². The maximum Gasteiger partial charge on any atom is 0.225 e. The molecule has 2 aromatic carbocycles. The summed E-state index contributed by atoms with van der Waals surface area (Å²) in [4.78, 5) is 12.2. The molecule has 3 N–H and O–H groups in total. The van der Waals surface area contributed by atoms with Crippen LogP contribution in [0.25, 0.3) is 0 Å². The van der Waals surface area contributed by atoms with Crippen LogP contribution in [-0.2, 0) is 17.6 Å². The number of carbonyl (C=O) groups excluding carboxylic acids is 1. The van der Waals surface area contributed by atoms with Crippen molar-refractivity contribution < 1.29 is 4.79 Å². The summed E-state index contributed by atoms with van der Waals surface area (Å²) in [5, 5.41) is 12.4. The maximum atomic E-state index is 12.2. The van der Waals surface area contributed by atoms with Crippen molar-refractivity contribution in [3.05, 3.63) is 70.5 Å². The summed E-state index contributed by atoms with van der Waals surface area (Å²) in [5.74, 6) is 7.30. The number of hydrogen-bond acceptors (Lipinski definition) is 5. The minimum absolute atomic E-state index is 0.0785. The van der Waals surface area contributed by atoms with Crippen molar-refractivity contribution in [2.75, 3.05) is 16.9 Å². The standard InChI is InChI=1S/C20H22ClN5OS/c1-14-7-9-16(21)13-17(14)23-19(27)11-12-28-20-25-24-18(26(20)22)10-8-15-5-3-2-4-6-15/h2-7,9,13H,8,10-12,22H2,1H3,(H,23,27). The number of benzene rings is 2. The van der Waals surface area contributed by atoms with E-state index in [0.717, 1.165) is 23.5 Å². The van der Waals surface area contributed by atoms with Crippen LogP contribution in [0.5, 0.6) is 0 Å². The number of nitrogen functional groups attached to an aromatic ring is 1. The number of halogens is 1. The third-order valence-corrected chi connectivity index (χ3v) is 5.43. The molecular weight excluding hydrogens is 394 g/mol. The molecule has 8 heteroatoms. The molecule has 6 nitrogen and oxygen atoms in total. The van der Waals surface area contributed by atoms with Crippen LogP contribution in [-0.4, -0.2) is 26.5 Å². The molecule has 3 aromatic rings. The zero-order valence-corrected chi connectivity index (χ0v) is 17.1. The van der Waals surface area contributed by atoms with E-state index in [4.69, 9.17) is 17.4 Å². The number of nitrogens with one attached hydrogen (secondary N) is 1. The third kappa shape index (κ3) is 5.50. The zero-order valence-electron chi connectivity index (χ0n) is 15.6. The van der Waals surface area contributed by atoms with Crippen molar-refractivity contribution in [3.63, 3.8) is 0 Å². The Labute approximate surface area is 173 Å². The Kier molecular flexibility index (Phi) is 6.95. The van der Waals surface area contributed by atoms with Gasteiger partial charge in [0.2, 0.25) is 11.1 Å². The Bertz CT molecular complexity index is 945. The molecule has 1 aromatic heterocycles. The lowest BCUT2D eigenvalue weighted by atomic mass is 10.1. The van der Waals surface area contributed by atoms with Gasteiger partial charge < -0.3 is 11.2 Å². The largest absolute Gasteiger partial charge is 0.336 e. The Morgan fingerprint density at radius 3 is 2.75 bits per heavy atom. The summed E-state index contributed by atoms with van der Waals surface area (Å²) in [6.07, 6.45) is 1.90. The fourth-order valence-corrected chi connectivity index (χ4v) is 3.64. The molecule has 0 unspecified atom stereocenters. The highest BCUT2D eigenvalue weighted by molar-refractivity contribution is 7.99. The van der Waals surface area contributed by atoms with Crippen molar-refractivity contribution in [1.29, 1.82) is 0 Å². The summed E-state index contributed by atoms with van der Waals surface area (Å²) in [7, 11) is 0. The van der Waals surface area contributed by atoms with Crippen LogP contribution in [0.1, 0.15) is 23.4 Å². The molecule has 0 aliphatic rings. The molecule has 1 amide bonds. The van der Waals surface area contributed by atoms with E-state index in [0.29, 0.717) is 28.8 Å². The molecule has 0 saturated heterocycles. The highest BCUT2D eigenvalue weighted by Gasteiger charge is 2.12. The van der Waals surface area contributed by atoms with E-state index in [1.807, 2.05) is 31.2 Å². The Morgan fingerprint density at radius 2 is 1.96 bits per heavy atom. The van der Waals surface area contributed by atoms with Gasteiger partial charge in [0, 0.05) is 29.3 Å². The Balaban J connectivity index is 1.47. The molecule has 3 rings (SSSR count). The number of carbonyl (C=O) groups is 1. The van der Waals surface area contributed by atoms with Crippen LogP contribution in [0.2, 0.25) is 5.02 Å². The minimum Gasteiger partial charge on any atom is -0.336 e. The van der Waals surface area contributed by atoms with Crippen molar-refractivity contribution in [2.24, 2.45) is 0 Å². The highest BCUT2D eigenvalue weighted by Crippen LogP contribution is 2.21. The summed E-state index contributed by atoms with van der Waals surface area (Å²) < 4.78 is 1.51. The number of amides is 1. The molecule has 0 bridgehead atoms. The fourth-order valence-electron chi connectivity index (χ4n) is 2.65. The Morgan fingerprint density at radius 1 is 1.18 bits per heavy atom. The van der Waals surface area contributed by atoms with Gasteiger partial charge >= 0.3 is 0 Å². The van der Waals surface area contributed by atoms with E-state index >= 15 is 0 Å². The van der Waals surface area contributed by atoms with Crippen LogP contribution in [0.4, 0.5) is 5.69 Å². The summed E-state index contributed by atoms with van der Waals surface area (Å²) in [5.41, 5.74) is 2.93. The van der Waals surface area contributed by atoms with Crippen molar-refractivity contribution in [2.45, 2.75) is 31.3 Å². The topological polar surface area (TPSA) is 85.8 Å². The predicted octanol–water partition coefficient (Wildman–Crippen LogP) is 3.86. The molecule has 0 saturated carbocycles. The molecule has 0 radical (unpaired) electrons. The van der Waals surface area contributed by atoms with E-state index < -0.39 is 0 Å². The van der Waals surface area contributed by atoms with Crippen molar-refractivity contribution in [3.8, 4) is 0 Å². The monoisotopic (exact) mass is 415 g/mol. The van der Waals surface area contributed by atoms with Gasteiger partial charge in [0.25, 0.3) is 0 Å². The van der Waals surface area contributed by atoms with Gasteiger partial charge in [0.05, 0.1) is 0 Å². The van der Waals surface area contributed by atoms with Crippen LogP contribution >= 0.6 is 23.4 Å². The first kappa shape index (κ1) is 20.2. The van der Waals surface area contributed by atoms with Crippen molar-refractivity contribution in [1.82, 2.24) is 14.9 Å². The van der Waals surface area contributed by atoms with Crippen LogP contribution in [0, 0.1) is 6.92 Å². The molecule has 0 fully saturated rings. The fraction of sp³-hybridized carbons (Fsp3) is 0.250. The number of thioether (sulfide) groups is 1. The van der Waals surface area contributed by atoms with Crippen LogP contribution < -0.4 is 11.2 Å². The lowest BCUT2D eigenvalue weighted by Crippen LogP contribution is -2.16. The molecule has 28 heavy (non-hydrogen) atoms. The van der Waals surface area contributed by atoms with Gasteiger partial charge in [-0.3, -0.25) is 4.79 Å². The third-order valence-electron chi connectivity index (χ3n) is 4.25. The lowest BCUT2D eigenvalue weighted by molar-refractivity contribution is -0.115. The first-order chi connectivity index (χ1) is 13.5. The quantitative estimate of drug-likeness (QED) is 0.431. The number of aryl methyl sites for hydroxylation is 3. The number of hydrogen-bond donors (Lipinski definition) is 2.